The fourth-order valence-corrected chi connectivity index (χ4v) is 3.98. The molecule has 0 saturated carbocycles. The average Bonchev–Trinajstić information content (AvgIpc) is 2.42. The molecular weight excluding hydrogens is 304 g/mol. The quantitative estimate of drug-likeness (QED) is 0.668. The third-order valence-electron chi connectivity index (χ3n) is 3.37. The van der Waals surface area contributed by atoms with Crippen molar-refractivity contribution in [3.63, 3.8) is 0 Å². The Morgan fingerprint density at radius 2 is 1.91 bits per heavy atom. The molecule has 0 saturated heterocycles. The fourth-order valence-electron chi connectivity index (χ4n) is 2.27. The molecule has 2 aromatic rings. The number of nitrogens with zero attached hydrogens (tertiary/aromatic N) is 1. The number of carbonyl (C=O) groups is 1. The minimum atomic E-state index is -4.25. The van der Waals surface area contributed by atoms with Gasteiger partial charge in [-0.05, 0) is 31.0 Å². The molecule has 0 spiro atoms. The van der Waals surface area contributed by atoms with Gasteiger partial charge in [-0.1, -0.05) is 23.8 Å². The molecule has 1 heterocycles. The van der Waals surface area contributed by atoms with Crippen molar-refractivity contribution < 1.29 is 17.9 Å². The third-order valence-corrected chi connectivity index (χ3v) is 5.37. The van der Waals surface area contributed by atoms with Crippen LogP contribution in [0.15, 0.2) is 47.6 Å². The molecule has 2 N–H and O–H groups in total. The van der Waals surface area contributed by atoms with Gasteiger partial charge in [0.05, 0.1) is 0 Å². The first kappa shape index (κ1) is 16.0. The van der Waals surface area contributed by atoms with Crippen molar-refractivity contribution in [2.75, 3.05) is 0 Å². The van der Waals surface area contributed by atoms with Crippen molar-refractivity contribution in [3.05, 3.63) is 64.5 Å². The second kappa shape index (κ2) is 5.76. The molecule has 0 fully saturated rings. The lowest BCUT2D eigenvalue weighted by molar-refractivity contribution is -0.646. The highest BCUT2D eigenvalue weighted by Gasteiger charge is 2.39. The van der Waals surface area contributed by atoms with Crippen molar-refractivity contribution in [1.29, 1.82) is 0 Å². The van der Waals surface area contributed by atoms with Gasteiger partial charge in [0.1, 0.15) is 0 Å². The number of hydrogen-bond donors (Lipinski definition) is 1. The fraction of sp³-hybridized carbons (Fsp3) is 0.200. The number of sulfone groups is 1. The molecule has 1 atom stereocenters. The molecule has 22 heavy (non-hydrogen) atoms. The van der Waals surface area contributed by atoms with E-state index in [-0.39, 0.29) is 10.3 Å². The molecule has 116 valence electrons. The van der Waals surface area contributed by atoms with E-state index in [1.807, 2.05) is 0 Å². The number of primary amides is 1. The largest absolute Gasteiger partial charge is 0.618 e. The number of hydrogen-bond acceptors (Lipinski definition) is 4. The van der Waals surface area contributed by atoms with Gasteiger partial charge < -0.3 is 10.9 Å². The van der Waals surface area contributed by atoms with Gasteiger partial charge in [-0.15, -0.1) is 0 Å². The molecule has 0 aliphatic rings. The zero-order valence-electron chi connectivity index (χ0n) is 12.2. The maximum Gasteiger partial charge on any atom is 0.309 e. The van der Waals surface area contributed by atoms with Crippen molar-refractivity contribution in [2.45, 2.75) is 24.1 Å². The summed E-state index contributed by atoms with van der Waals surface area (Å²) in [4.78, 5) is 11.8. The lowest BCUT2D eigenvalue weighted by Crippen LogP contribution is -2.38. The van der Waals surface area contributed by atoms with Gasteiger partial charge in [0, 0.05) is 12.1 Å². The minimum absolute atomic E-state index is 0.219. The van der Waals surface area contributed by atoms with Crippen LogP contribution in [0, 0.1) is 19.1 Å². The van der Waals surface area contributed by atoms with Crippen LogP contribution in [-0.2, 0) is 14.6 Å². The van der Waals surface area contributed by atoms with Crippen LogP contribution in [-0.4, -0.2) is 14.3 Å². The number of aryl methyl sites for hydroxylation is 2. The van der Waals surface area contributed by atoms with Crippen LogP contribution in [0.1, 0.15) is 21.9 Å². The Morgan fingerprint density at radius 1 is 1.23 bits per heavy atom. The van der Waals surface area contributed by atoms with Crippen LogP contribution in [0.3, 0.4) is 0 Å². The van der Waals surface area contributed by atoms with E-state index < -0.39 is 26.0 Å². The molecule has 1 amide bonds. The van der Waals surface area contributed by atoms with Gasteiger partial charge in [0.2, 0.25) is 5.91 Å². The molecule has 0 bridgehead atoms. The highest BCUT2D eigenvalue weighted by molar-refractivity contribution is 7.92. The van der Waals surface area contributed by atoms with Gasteiger partial charge in [-0.25, -0.2) is 8.42 Å². The molecule has 1 aromatic heterocycles. The molecule has 0 aliphatic heterocycles. The van der Waals surface area contributed by atoms with Crippen LogP contribution in [0.2, 0.25) is 0 Å². The van der Waals surface area contributed by atoms with E-state index in [4.69, 9.17) is 5.73 Å². The first-order valence-electron chi connectivity index (χ1n) is 6.53. The molecule has 1 aromatic carbocycles. The molecular formula is C15H16N2O4S. The molecule has 1 unspecified atom stereocenters. The number of nitrogens with two attached hydrogens (primary N) is 1. The predicted octanol–water partition coefficient (Wildman–Crippen LogP) is 0.937. The summed E-state index contributed by atoms with van der Waals surface area (Å²) >= 11 is 0. The molecule has 0 aliphatic carbocycles. The van der Waals surface area contributed by atoms with E-state index in [1.165, 1.54) is 12.1 Å². The van der Waals surface area contributed by atoms with Gasteiger partial charge in [0.25, 0.3) is 9.84 Å². The standard InChI is InChI=1S/C15H16N2O4S/c1-10-6-7-11(2)12(9-10)14(15(16)18)22(20,21)13-5-3-4-8-17(13)19/h3-9,14H,1-2H3,(H2,16,18). The van der Waals surface area contributed by atoms with Gasteiger partial charge in [-0.3, -0.25) is 4.79 Å². The van der Waals surface area contributed by atoms with Crippen molar-refractivity contribution in [1.82, 2.24) is 0 Å². The molecule has 6 nitrogen and oxygen atoms in total. The van der Waals surface area contributed by atoms with Gasteiger partial charge in [-0.2, -0.15) is 4.73 Å². The second-order valence-electron chi connectivity index (χ2n) is 5.05. The van der Waals surface area contributed by atoms with Gasteiger partial charge >= 0.3 is 5.03 Å². The predicted molar refractivity (Wildman–Crippen MR) is 80.4 cm³/mol. The summed E-state index contributed by atoms with van der Waals surface area (Å²) in [5, 5.41) is 9.66. The Labute approximate surface area is 128 Å². The summed E-state index contributed by atoms with van der Waals surface area (Å²) in [6.07, 6.45) is 1.06. The Bertz CT molecular complexity index is 831. The van der Waals surface area contributed by atoms with E-state index in [1.54, 1.807) is 32.0 Å². The van der Waals surface area contributed by atoms with E-state index in [0.29, 0.717) is 5.56 Å². The second-order valence-corrected chi connectivity index (χ2v) is 7.03. The maximum absolute atomic E-state index is 12.7. The lowest BCUT2D eigenvalue weighted by atomic mass is 10.0. The van der Waals surface area contributed by atoms with Gasteiger partial charge in [0.15, 0.2) is 11.4 Å². The maximum atomic E-state index is 12.7. The van der Waals surface area contributed by atoms with E-state index in [2.05, 4.69) is 0 Å². The lowest BCUT2D eigenvalue weighted by Gasteiger charge is -2.17. The Kier molecular flexibility index (Phi) is 4.18. The number of rotatable bonds is 4. The Hall–Kier alpha value is -2.41. The summed E-state index contributed by atoms with van der Waals surface area (Å²) in [6.45, 7) is 3.47. The number of benzene rings is 1. The average molecular weight is 320 g/mol. The molecule has 0 radical (unpaired) electrons. The monoisotopic (exact) mass is 320 g/mol. The minimum Gasteiger partial charge on any atom is -0.618 e. The topological polar surface area (TPSA) is 104 Å². The summed E-state index contributed by atoms with van der Waals surface area (Å²) in [5.74, 6) is -1.02. The summed E-state index contributed by atoms with van der Waals surface area (Å²) in [6, 6.07) is 9.10. The van der Waals surface area contributed by atoms with Crippen molar-refractivity contribution >= 4 is 15.7 Å². The first-order valence-corrected chi connectivity index (χ1v) is 8.08. The Balaban J connectivity index is 2.70. The van der Waals surface area contributed by atoms with Crippen LogP contribution in [0.5, 0.6) is 0 Å². The van der Waals surface area contributed by atoms with Crippen molar-refractivity contribution in [3.8, 4) is 0 Å². The summed E-state index contributed by atoms with van der Waals surface area (Å²) in [7, 11) is -4.25. The SMILES string of the molecule is Cc1ccc(C)c(C(C(N)=O)S(=O)(=O)c2cccc[n+]2[O-])c1. The number of aromatic nitrogens is 1. The smallest absolute Gasteiger partial charge is 0.309 e. The third kappa shape index (κ3) is 2.80. The van der Waals surface area contributed by atoms with Crippen LogP contribution in [0.4, 0.5) is 0 Å². The van der Waals surface area contributed by atoms with E-state index >= 15 is 0 Å². The van der Waals surface area contributed by atoms with Crippen molar-refractivity contribution in [2.24, 2.45) is 5.73 Å². The zero-order chi connectivity index (χ0) is 16.5. The van der Waals surface area contributed by atoms with Crippen LogP contribution in [0.25, 0.3) is 0 Å². The number of carbonyl (C=O) groups excluding carboxylic acids is 1. The van der Waals surface area contributed by atoms with E-state index in [9.17, 15) is 18.4 Å². The highest BCUT2D eigenvalue weighted by Crippen LogP contribution is 2.30. The molecule has 2 rings (SSSR count). The van der Waals surface area contributed by atoms with Crippen LogP contribution < -0.4 is 10.5 Å². The summed E-state index contributed by atoms with van der Waals surface area (Å²) < 4.78 is 25.7. The van der Waals surface area contributed by atoms with Crippen LogP contribution >= 0.6 is 0 Å². The highest BCUT2D eigenvalue weighted by atomic mass is 32.2. The zero-order valence-corrected chi connectivity index (χ0v) is 13.0. The first-order chi connectivity index (χ1) is 10.2. The van der Waals surface area contributed by atoms with E-state index in [0.717, 1.165) is 17.8 Å². The number of pyridine rings is 1. The number of amides is 1. The normalized spacial score (nSPS) is 12.8. The molecule has 7 heteroatoms. The Morgan fingerprint density at radius 3 is 2.50 bits per heavy atom. The summed E-state index contributed by atoms with van der Waals surface area (Å²) in [5.41, 5.74) is 7.03.